The summed E-state index contributed by atoms with van der Waals surface area (Å²) in [5, 5.41) is 13.9. The predicted molar refractivity (Wildman–Crippen MR) is 92.9 cm³/mol. The summed E-state index contributed by atoms with van der Waals surface area (Å²) in [4.78, 5) is 28.8. The summed E-state index contributed by atoms with van der Waals surface area (Å²) in [5.74, 6) is -0.904. The normalized spacial score (nSPS) is 10.4. The summed E-state index contributed by atoms with van der Waals surface area (Å²) < 4.78 is 6.15. The number of imidazole rings is 1. The van der Waals surface area contributed by atoms with Gasteiger partial charge in [0.15, 0.2) is 0 Å². The zero-order chi connectivity index (χ0) is 17.8. The molecule has 0 spiro atoms. The van der Waals surface area contributed by atoms with Crippen molar-refractivity contribution in [3.63, 3.8) is 0 Å². The van der Waals surface area contributed by atoms with Crippen LogP contribution < -0.4 is 5.32 Å². The lowest BCUT2D eigenvalue weighted by molar-refractivity contribution is 0.102. The molecule has 1 amide bonds. The number of carbonyl (C=O) groups excluding carboxylic acids is 2. The molecule has 1 aromatic carbocycles. The highest BCUT2D eigenvalue weighted by molar-refractivity contribution is 7.12. The number of carbonyl (C=O) groups is 2. The molecule has 0 saturated heterocycles. The third-order valence-corrected chi connectivity index (χ3v) is 4.40. The van der Waals surface area contributed by atoms with Gasteiger partial charge in [0.05, 0.1) is 11.1 Å². The molecule has 2 heterocycles. The Morgan fingerprint density at radius 2 is 2.04 bits per heavy atom. The topological polar surface area (TPSA) is 93.5 Å². The fraction of sp³-hybridized carbons (Fsp3) is 0.118. The van der Waals surface area contributed by atoms with Gasteiger partial charge < -0.3 is 9.84 Å². The van der Waals surface area contributed by atoms with E-state index in [1.165, 1.54) is 11.3 Å². The number of hydrogen-bond donors (Lipinski definition) is 2. The van der Waals surface area contributed by atoms with Gasteiger partial charge >= 0.3 is 6.09 Å². The molecule has 0 radical (unpaired) electrons. The second-order valence-corrected chi connectivity index (χ2v) is 6.14. The van der Waals surface area contributed by atoms with Crippen LogP contribution in [0, 0.1) is 6.92 Å². The number of aromatic nitrogens is 2. The lowest BCUT2D eigenvalue weighted by Crippen LogP contribution is -2.20. The molecule has 3 aromatic rings. The van der Waals surface area contributed by atoms with Crippen molar-refractivity contribution in [1.82, 2.24) is 9.55 Å². The van der Waals surface area contributed by atoms with Gasteiger partial charge in [-0.2, -0.15) is 4.98 Å². The van der Waals surface area contributed by atoms with Gasteiger partial charge in [0.2, 0.25) is 11.8 Å². The first-order chi connectivity index (χ1) is 12.0. The summed E-state index contributed by atoms with van der Waals surface area (Å²) in [6, 6.07) is 11.0. The Kier molecular flexibility index (Phi) is 4.80. The SMILES string of the molecule is Cc1ccsc1C(=O)Nc1nc(O)cn1C(=O)OCc1ccccc1. The number of hydrogen-bond acceptors (Lipinski definition) is 6. The number of nitrogens with one attached hydrogen (secondary N) is 1. The number of benzene rings is 1. The molecule has 0 fully saturated rings. The smallest absolute Gasteiger partial charge is 0.421 e. The van der Waals surface area contributed by atoms with Crippen molar-refractivity contribution in [2.75, 3.05) is 5.32 Å². The van der Waals surface area contributed by atoms with Gasteiger partial charge in [-0.15, -0.1) is 11.3 Å². The Labute approximate surface area is 147 Å². The lowest BCUT2D eigenvalue weighted by atomic mass is 10.2. The first kappa shape index (κ1) is 16.7. The number of amides is 1. The highest BCUT2D eigenvalue weighted by atomic mass is 32.1. The largest absolute Gasteiger partial charge is 0.492 e. The van der Waals surface area contributed by atoms with E-state index in [4.69, 9.17) is 4.74 Å². The molecule has 0 aliphatic heterocycles. The average molecular weight is 357 g/mol. The Morgan fingerprint density at radius 1 is 1.28 bits per heavy atom. The lowest BCUT2D eigenvalue weighted by Gasteiger charge is -2.08. The Hall–Kier alpha value is -3.13. The van der Waals surface area contributed by atoms with Gasteiger partial charge in [-0.1, -0.05) is 30.3 Å². The number of anilines is 1. The van der Waals surface area contributed by atoms with Crippen LogP contribution in [0.25, 0.3) is 0 Å². The van der Waals surface area contributed by atoms with Gasteiger partial charge in [0, 0.05) is 0 Å². The summed E-state index contributed by atoms with van der Waals surface area (Å²) in [5.41, 5.74) is 1.64. The van der Waals surface area contributed by atoms with Crippen molar-refractivity contribution >= 4 is 29.3 Å². The number of aromatic hydroxyl groups is 1. The van der Waals surface area contributed by atoms with Crippen LogP contribution in [0.5, 0.6) is 5.88 Å². The molecule has 2 aromatic heterocycles. The van der Waals surface area contributed by atoms with Crippen LogP contribution in [0.2, 0.25) is 0 Å². The Morgan fingerprint density at radius 3 is 2.72 bits per heavy atom. The quantitative estimate of drug-likeness (QED) is 0.746. The van der Waals surface area contributed by atoms with E-state index in [9.17, 15) is 14.7 Å². The average Bonchev–Trinajstić information content (AvgIpc) is 3.19. The first-order valence-electron chi connectivity index (χ1n) is 7.39. The van der Waals surface area contributed by atoms with Crippen LogP contribution in [0.1, 0.15) is 20.8 Å². The fourth-order valence-electron chi connectivity index (χ4n) is 2.15. The minimum Gasteiger partial charge on any atom is -0.492 e. The number of aryl methyl sites for hydroxylation is 1. The van der Waals surface area contributed by atoms with Crippen molar-refractivity contribution < 1.29 is 19.4 Å². The van der Waals surface area contributed by atoms with E-state index in [1.807, 2.05) is 43.3 Å². The summed E-state index contributed by atoms with van der Waals surface area (Å²) in [6.07, 6.45) is 0.333. The Balaban J connectivity index is 1.73. The van der Waals surface area contributed by atoms with Crippen molar-refractivity contribution in [3.8, 4) is 5.88 Å². The summed E-state index contributed by atoms with van der Waals surface area (Å²) in [6.45, 7) is 1.87. The molecule has 7 nitrogen and oxygen atoms in total. The van der Waals surface area contributed by atoms with E-state index < -0.39 is 17.9 Å². The van der Waals surface area contributed by atoms with Crippen molar-refractivity contribution in [2.24, 2.45) is 0 Å². The molecule has 0 aliphatic carbocycles. The number of rotatable bonds is 4. The molecule has 128 valence electrons. The van der Waals surface area contributed by atoms with Gasteiger partial charge in [0.1, 0.15) is 6.61 Å². The summed E-state index contributed by atoms with van der Waals surface area (Å²) >= 11 is 1.28. The van der Waals surface area contributed by atoms with E-state index in [1.54, 1.807) is 5.38 Å². The molecule has 0 saturated carbocycles. The van der Waals surface area contributed by atoms with Gasteiger partial charge in [0.25, 0.3) is 5.91 Å². The number of nitrogens with zero attached hydrogens (tertiary/aromatic N) is 2. The second kappa shape index (κ2) is 7.18. The van der Waals surface area contributed by atoms with Crippen molar-refractivity contribution in [1.29, 1.82) is 0 Å². The van der Waals surface area contributed by atoms with Crippen LogP contribution in [-0.2, 0) is 11.3 Å². The highest BCUT2D eigenvalue weighted by Crippen LogP contribution is 2.20. The maximum Gasteiger partial charge on any atom is 0.421 e. The van der Waals surface area contributed by atoms with E-state index in [2.05, 4.69) is 10.3 Å². The maximum absolute atomic E-state index is 12.3. The van der Waals surface area contributed by atoms with E-state index in [0.717, 1.165) is 21.9 Å². The monoisotopic (exact) mass is 357 g/mol. The molecule has 8 heteroatoms. The van der Waals surface area contributed by atoms with E-state index >= 15 is 0 Å². The standard InChI is InChI=1S/C17H15N3O4S/c1-11-7-8-25-14(11)15(22)19-16-18-13(21)9-20(16)17(23)24-10-12-5-3-2-4-6-12/h2-9,21H,10H2,1H3,(H,18,19,22). The van der Waals surface area contributed by atoms with E-state index in [0.29, 0.717) is 4.88 Å². The third-order valence-electron chi connectivity index (χ3n) is 3.39. The molecular weight excluding hydrogens is 342 g/mol. The van der Waals surface area contributed by atoms with Crippen molar-refractivity contribution in [3.05, 3.63) is 64.0 Å². The Bertz CT molecular complexity index is 902. The van der Waals surface area contributed by atoms with Gasteiger partial charge in [-0.05, 0) is 29.5 Å². The molecule has 0 aliphatic rings. The number of ether oxygens (including phenoxy) is 1. The predicted octanol–water partition coefficient (Wildman–Crippen LogP) is 3.40. The molecule has 3 rings (SSSR count). The van der Waals surface area contributed by atoms with Crippen molar-refractivity contribution in [2.45, 2.75) is 13.5 Å². The van der Waals surface area contributed by atoms with Crippen LogP contribution in [-0.4, -0.2) is 26.7 Å². The minimum absolute atomic E-state index is 0.0655. The molecule has 0 atom stereocenters. The third kappa shape index (κ3) is 3.86. The zero-order valence-corrected chi connectivity index (χ0v) is 14.1. The van der Waals surface area contributed by atoms with E-state index in [-0.39, 0.29) is 12.6 Å². The maximum atomic E-state index is 12.3. The van der Waals surface area contributed by atoms with Gasteiger partial charge in [-0.3, -0.25) is 10.1 Å². The fourth-order valence-corrected chi connectivity index (χ4v) is 2.97. The minimum atomic E-state index is -0.755. The van der Waals surface area contributed by atoms with Crippen LogP contribution in [0.15, 0.2) is 48.0 Å². The zero-order valence-electron chi connectivity index (χ0n) is 13.3. The molecule has 25 heavy (non-hydrogen) atoms. The molecular formula is C17H15N3O4S. The highest BCUT2D eigenvalue weighted by Gasteiger charge is 2.19. The summed E-state index contributed by atoms with van der Waals surface area (Å²) in [7, 11) is 0. The molecule has 0 bridgehead atoms. The second-order valence-electron chi connectivity index (χ2n) is 5.22. The van der Waals surface area contributed by atoms with Crippen LogP contribution >= 0.6 is 11.3 Å². The molecule has 0 unspecified atom stereocenters. The number of thiophene rings is 1. The molecule has 2 N–H and O–H groups in total. The van der Waals surface area contributed by atoms with Crippen LogP contribution in [0.3, 0.4) is 0 Å². The van der Waals surface area contributed by atoms with Gasteiger partial charge in [-0.25, -0.2) is 9.36 Å². The first-order valence-corrected chi connectivity index (χ1v) is 8.27. The van der Waals surface area contributed by atoms with Crippen LogP contribution in [0.4, 0.5) is 10.7 Å².